The number of nitrogens with zero attached hydrogens (tertiary/aromatic N) is 1. The molecule has 0 aliphatic rings. The van der Waals surface area contributed by atoms with E-state index in [4.69, 9.17) is 5.11 Å². The van der Waals surface area contributed by atoms with Crippen LogP contribution < -0.4 is 5.32 Å². The molecule has 2 N–H and O–H groups in total. The molecule has 0 aliphatic heterocycles. The lowest BCUT2D eigenvalue weighted by Crippen LogP contribution is -2.41. The number of halogens is 2. The zero-order chi connectivity index (χ0) is 15.4. The quantitative estimate of drug-likeness (QED) is 0.636. The van der Waals surface area contributed by atoms with Crippen LogP contribution in [0.1, 0.15) is 24.2 Å². The summed E-state index contributed by atoms with van der Waals surface area (Å²) in [5.74, 6) is -3.55. The van der Waals surface area contributed by atoms with Crippen LogP contribution in [0.4, 0.5) is 14.5 Å². The first-order valence-corrected chi connectivity index (χ1v) is 5.83. The van der Waals surface area contributed by atoms with Gasteiger partial charge in [0.15, 0.2) is 0 Å². The Labute approximate surface area is 113 Å². The van der Waals surface area contributed by atoms with Crippen molar-refractivity contribution in [2.75, 3.05) is 6.61 Å². The van der Waals surface area contributed by atoms with Crippen LogP contribution >= 0.6 is 0 Å². The van der Waals surface area contributed by atoms with Crippen LogP contribution in [0, 0.1) is 27.7 Å². The van der Waals surface area contributed by atoms with E-state index >= 15 is 0 Å². The van der Waals surface area contributed by atoms with Crippen LogP contribution in [-0.2, 0) is 0 Å². The van der Waals surface area contributed by atoms with E-state index in [0.717, 1.165) is 0 Å². The van der Waals surface area contributed by atoms with E-state index in [1.807, 2.05) is 0 Å². The molecule has 0 aromatic heterocycles. The Morgan fingerprint density at radius 3 is 2.45 bits per heavy atom. The number of carbonyl (C=O) groups is 1. The van der Waals surface area contributed by atoms with Crippen molar-refractivity contribution in [3.63, 3.8) is 0 Å². The zero-order valence-electron chi connectivity index (χ0n) is 10.9. The van der Waals surface area contributed by atoms with Crippen LogP contribution in [0.25, 0.3) is 0 Å². The first kappa shape index (κ1) is 16.0. The summed E-state index contributed by atoms with van der Waals surface area (Å²) >= 11 is 0. The number of hydrogen-bond donors (Lipinski definition) is 2. The summed E-state index contributed by atoms with van der Waals surface area (Å²) < 4.78 is 27.0. The number of nitro benzene ring substituents is 1. The maximum Gasteiger partial charge on any atom is 0.307 e. The molecular formula is C12H14F2N2O4. The van der Waals surface area contributed by atoms with Gasteiger partial charge in [0, 0.05) is 0 Å². The van der Waals surface area contributed by atoms with Gasteiger partial charge in [-0.05, 0) is 12.0 Å². The van der Waals surface area contributed by atoms with E-state index in [0.29, 0.717) is 12.1 Å². The van der Waals surface area contributed by atoms with Gasteiger partial charge >= 0.3 is 5.69 Å². The molecule has 1 aromatic carbocycles. The van der Waals surface area contributed by atoms with E-state index in [1.165, 1.54) is 0 Å². The lowest BCUT2D eigenvalue weighted by Gasteiger charge is -2.20. The number of benzene rings is 1. The van der Waals surface area contributed by atoms with Crippen LogP contribution in [0.2, 0.25) is 0 Å². The highest BCUT2D eigenvalue weighted by Gasteiger charge is 2.24. The first-order valence-electron chi connectivity index (χ1n) is 5.83. The van der Waals surface area contributed by atoms with Gasteiger partial charge in [0.2, 0.25) is 5.82 Å². The average Bonchev–Trinajstić information content (AvgIpc) is 2.37. The number of rotatable bonds is 5. The molecule has 0 fully saturated rings. The summed E-state index contributed by atoms with van der Waals surface area (Å²) in [4.78, 5) is 21.1. The predicted molar refractivity (Wildman–Crippen MR) is 66.2 cm³/mol. The van der Waals surface area contributed by atoms with Crippen LogP contribution in [0.5, 0.6) is 0 Å². The number of nitro groups is 1. The second-order valence-corrected chi connectivity index (χ2v) is 4.55. The number of aliphatic hydroxyl groups is 1. The minimum absolute atomic E-state index is 0.116. The molecular weight excluding hydrogens is 274 g/mol. The molecule has 1 aromatic rings. The lowest BCUT2D eigenvalue weighted by atomic mass is 10.0. The molecule has 0 saturated carbocycles. The van der Waals surface area contributed by atoms with Crippen molar-refractivity contribution in [2.45, 2.75) is 19.9 Å². The molecule has 1 rings (SSSR count). The van der Waals surface area contributed by atoms with Crippen molar-refractivity contribution < 1.29 is 23.6 Å². The highest BCUT2D eigenvalue weighted by Crippen LogP contribution is 2.21. The fourth-order valence-electron chi connectivity index (χ4n) is 1.52. The van der Waals surface area contributed by atoms with Gasteiger partial charge in [-0.3, -0.25) is 14.9 Å². The second kappa shape index (κ2) is 6.38. The Kier molecular flexibility index (Phi) is 5.09. The Hall–Kier alpha value is -2.09. The van der Waals surface area contributed by atoms with E-state index in [2.05, 4.69) is 5.32 Å². The molecule has 0 radical (unpaired) electrons. The summed E-state index contributed by atoms with van der Waals surface area (Å²) in [6, 6.07) is 0.200. The van der Waals surface area contributed by atoms with Crippen LogP contribution in [-0.4, -0.2) is 28.6 Å². The normalized spacial score (nSPS) is 12.3. The van der Waals surface area contributed by atoms with Gasteiger partial charge < -0.3 is 10.4 Å². The SMILES string of the molecule is CC(C)C(CO)NC(=O)c1cc(F)c([N+](=O)[O-])cc1F. The van der Waals surface area contributed by atoms with Gasteiger partial charge in [-0.2, -0.15) is 4.39 Å². The fourth-order valence-corrected chi connectivity index (χ4v) is 1.52. The maximum absolute atomic E-state index is 13.6. The summed E-state index contributed by atoms with van der Waals surface area (Å²) in [6.45, 7) is 3.10. The molecule has 20 heavy (non-hydrogen) atoms. The number of amides is 1. The molecule has 6 nitrogen and oxygen atoms in total. The van der Waals surface area contributed by atoms with Crippen molar-refractivity contribution in [3.8, 4) is 0 Å². The Balaban J connectivity index is 3.05. The van der Waals surface area contributed by atoms with E-state index in [9.17, 15) is 23.7 Å². The number of carbonyl (C=O) groups excluding carboxylic acids is 1. The highest BCUT2D eigenvalue weighted by molar-refractivity contribution is 5.95. The smallest absolute Gasteiger partial charge is 0.307 e. The van der Waals surface area contributed by atoms with E-state index in [-0.39, 0.29) is 12.5 Å². The molecule has 110 valence electrons. The monoisotopic (exact) mass is 288 g/mol. The van der Waals surface area contributed by atoms with Gasteiger partial charge in [0.05, 0.1) is 29.2 Å². The van der Waals surface area contributed by atoms with Gasteiger partial charge in [-0.25, -0.2) is 4.39 Å². The number of hydrogen-bond acceptors (Lipinski definition) is 4. The third-order valence-electron chi connectivity index (χ3n) is 2.80. The third kappa shape index (κ3) is 3.47. The molecule has 1 unspecified atom stereocenters. The fraction of sp³-hybridized carbons (Fsp3) is 0.417. The Morgan fingerprint density at radius 1 is 1.40 bits per heavy atom. The molecule has 0 heterocycles. The molecule has 0 saturated heterocycles. The molecule has 1 atom stereocenters. The first-order chi connectivity index (χ1) is 9.27. The van der Waals surface area contributed by atoms with Crippen molar-refractivity contribution in [1.82, 2.24) is 5.32 Å². The topological polar surface area (TPSA) is 92.5 Å². The van der Waals surface area contributed by atoms with Crippen molar-refractivity contribution in [3.05, 3.63) is 39.4 Å². The third-order valence-corrected chi connectivity index (χ3v) is 2.80. The van der Waals surface area contributed by atoms with E-state index < -0.39 is 39.8 Å². The summed E-state index contributed by atoms with van der Waals surface area (Å²) in [6.07, 6.45) is 0. The minimum Gasteiger partial charge on any atom is -0.394 e. The number of nitrogens with one attached hydrogen (secondary N) is 1. The molecule has 0 bridgehead atoms. The van der Waals surface area contributed by atoms with Crippen LogP contribution in [0.3, 0.4) is 0 Å². The van der Waals surface area contributed by atoms with E-state index in [1.54, 1.807) is 13.8 Å². The minimum atomic E-state index is -1.30. The second-order valence-electron chi connectivity index (χ2n) is 4.55. The van der Waals surface area contributed by atoms with Gasteiger partial charge in [0.1, 0.15) is 5.82 Å². The summed E-state index contributed by atoms with van der Waals surface area (Å²) in [5.41, 5.74) is -1.69. The molecule has 8 heteroatoms. The highest BCUT2D eigenvalue weighted by atomic mass is 19.1. The lowest BCUT2D eigenvalue weighted by molar-refractivity contribution is -0.387. The van der Waals surface area contributed by atoms with Gasteiger partial charge in [-0.15, -0.1) is 0 Å². The maximum atomic E-state index is 13.6. The Morgan fingerprint density at radius 2 is 2.00 bits per heavy atom. The number of aliphatic hydroxyl groups excluding tert-OH is 1. The van der Waals surface area contributed by atoms with Crippen molar-refractivity contribution in [2.24, 2.45) is 5.92 Å². The zero-order valence-corrected chi connectivity index (χ0v) is 10.9. The van der Waals surface area contributed by atoms with Crippen molar-refractivity contribution >= 4 is 11.6 Å². The molecule has 1 amide bonds. The van der Waals surface area contributed by atoms with Gasteiger partial charge in [-0.1, -0.05) is 13.8 Å². The summed E-state index contributed by atoms with van der Waals surface area (Å²) in [5, 5.41) is 21.8. The summed E-state index contributed by atoms with van der Waals surface area (Å²) in [7, 11) is 0. The molecule has 0 spiro atoms. The largest absolute Gasteiger partial charge is 0.394 e. The molecule has 0 aliphatic carbocycles. The van der Waals surface area contributed by atoms with Gasteiger partial charge in [0.25, 0.3) is 5.91 Å². The Bertz CT molecular complexity index is 534. The average molecular weight is 288 g/mol. The predicted octanol–water partition coefficient (Wildman–Crippen LogP) is 1.62. The van der Waals surface area contributed by atoms with Crippen molar-refractivity contribution in [1.29, 1.82) is 0 Å². The van der Waals surface area contributed by atoms with Crippen LogP contribution in [0.15, 0.2) is 12.1 Å². The standard InChI is InChI=1S/C12H14F2N2O4/c1-6(2)10(5-17)15-12(18)7-3-9(14)11(16(19)20)4-8(7)13/h3-4,6,10,17H,5H2,1-2H3,(H,15,18).